The van der Waals surface area contributed by atoms with Crippen molar-refractivity contribution in [3.8, 4) is 22.6 Å². The van der Waals surface area contributed by atoms with E-state index in [1.54, 1.807) is 0 Å². The molecule has 0 saturated carbocycles. The zero-order valence-corrected chi connectivity index (χ0v) is 20.8. The van der Waals surface area contributed by atoms with Gasteiger partial charge in [-0.25, -0.2) is 8.42 Å². The number of sulfonamides is 1. The summed E-state index contributed by atoms with van der Waals surface area (Å²) >= 11 is 0. The maximum atomic E-state index is 13.3. The summed E-state index contributed by atoms with van der Waals surface area (Å²) in [5.41, 5.74) is 4.82. The lowest BCUT2D eigenvalue weighted by atomic mass is 9.98. The molecule has 0 amide bonds. The molecule has 6 nitrogen and oxygen atoms in total. The summed E-state index contributed by atoms with van der Waals surface area (Å²) in [6.07, 6.45) is 0.978. The molecule has 0 aliphatic carbocycles. The van der Waals surface area contributed by atoms with E-state index in [0.717, 1.165) is 40.8 Å². The lowest BCUT2D eigenvalue weighted by Crippen LogP contribution is -2.33. The highest BCUT2D eigenvalue weighted by atomic mass is 32.2. The Kier molecular flexibility index (Phi) is 7.09. The standard InChI is InChI=1S/C28H31NO5S/c1-21-7-5-6-10-26(21)24-15-25-17-29(35(30,31)20-22-8-3-2-4-9-22)12-14-33-28(25)27(16-24)34-19-23-11-13-32-18-23/h2-10,15-16,23H,11-14,17-20H2,1H3. The highest BCUT2D eigenvalue weighted by Gasteiger charge is 2.29. The first kappa shape index (κ1) is 23.9. The molecule has 0 N–H and O–H groups in total. The van der Waals surface area contributed by atoms with E-state index in [1.165, 1.54) is 4.31 Å². The first-order valence-corrected chi connectivity index (χ1v) is 13.7. The van der Waals surface area contributed by atoms with Gasteiger partial charge >= 0.3 is 0 Å². The molecule has 0 radical (unpaired) electrons. The van der Waals surface area contributed by atoms with Gasteiger partial charge in [-0.1, -0.05) is 54.6 Å². The van der Waals surface area contributed by atoms with E-state index in [-0.39, 0.29) is 18.9 Å². The number of nitrogens with zero attached hydrogens (tertiary/aromatic N) is 1. The molecular formula is C28H31NO5S. The summed E-state index contributed by atoms with van der Waals surface area (Å²) in [6, 6.07) is 21.5. The van der Waals surface area contributed by atoms with Gasteiger partial charge in [0.25, 0.3) is 0 Å². The molecular weight excluding hydrogens is 462 g/mol. The summed E-state index contributed by atoms with van der Waals surface area (Å²) in [5.74, 6) is 1.61. The average molecular weight is 494 g/mol. The lowest BCUT2D eigenvalue weighted by molar-refractivity contribution is 0.165. The largest absolute Gasteiger partial charge is 0.489 e. The summed E-state index contributed by atoms with van der Waals surface area (Å²) in [7, 11) is -3.53. The minimum atomic E-state index is -3.53. The number of rotatable bonds is 7. The molecule has 1 atom stereocenters. The van der Waals surface area contributed by atoms with E-state index in [2.05, 4.69) is 19.1 Å². The molecule has 3 aromatic carbocycles. The van der Waals surface area contributed by atoms with Crippen LogP contribution in [0.25, 0.3) is 11.1 Å². The van der Waals surface area contributed by atoms with Gasteiger partial charge in [-0.2, -0.15) is 4.31 Å². The van der Waals surface area contributed by atoms with Crippen LogP contribution < -0.4 is 9.47 Å². The third-order valence-corrected chi connectivity index (χ3v) is 8.40. The maximum absolute atomic E-state index is 13.3. The molecule has 0 spiro atoms. The lowest BCUT2D eigenvalue weighted by Gasteiger charge is -2.21. The van der Waals surface area contributed by atoms with Gasteiger partial charge in [-0.3, -0.25) is 0 Å². The second-order valence-electron chi connectivity index (χ2n) is 9.24. The van der Waals surface area contributed by atoms with Crippen molar-refractivity contribution in [2.24, 2.45) is 5.92 Å². The second-order valence-corrected chi connectivity index (χ2v) is 11.2. The van der Waals surface area contributed by atoms with Gasteiger partial charge in [-0.05, 0) is 47.7 Å². The normalized spacial score (nSPS) is 18.5. The number of fused-ring (bicyclic) bond motifs is 1. The van der Waals surface area contributed by atoms with Crippen molar-refractivity contribution in [2.75, 3.05) is 33.0 Å². The van der Waals surface area contributed by atoms with Gasteiger partial charge in [0, 0.05) is 31.2 Å². The number of ether oxygens (including phenoxy) is 3. The van der Waals surface area contributed by atoms with Gasteiger partial charge in [0.15, 0.2) is 11.5 Å². The van der Waals surface area contributed by atoms with E-state index in [1.807, 2.05) is 54.6 Å². The first-order valence-electron chi connectivity index (χ1n) is 12.1. The van der Waals surface area contributed by atoms with Crippen LogP contribution in [0.1, 0.15) is 23.1 Å². The fourth-order valence-electron chi connectivity index (χ4n) is 4.66. The Morgan fingerprint density at radius 1 is 1.03 bits per heavy atom. The fraction of sp³-hybridized carbons (Fsp3) is 0.357. The van der Waals surface area contributed by atoms with Crippen LogP contribution in [0, 0.1) is 12.8 Å². The Bertz CT molecular complexity index is 1270. The van der Waals surface area contributed by atoms with E-state index >= 15 is 0 Å². The van der Waals surface area contributed by atoms with Crippen LogP contribution in [-0.2, 0) is 27.1 Å². The number of benzene rings is 3. The maximum Gasteiger partial charge on any atom is 0.218 e. The average Bonchev–Trinajstić information content (AvgIpc) is 3.27. The number of hydrogen-bond donors (Lipinski definition) is 0. The van der Waals surface area contributed by atoms with Crippen molar-refractivity contribution in [1.82, 2.24) is 4.31 Å². The molecule has 184 valence electrons. The SMILES string of the molecule is Cc1ccccc1-c1cc2c(c(OCC3CCOC3)c1)OCCN(S(=O)(=O)Cc1ccccc1)C2. The van der Waals surface area contributed by atoms with Crippen LogP contribution in [0.15, 0.2) is 66.7 Å². The molecule has 5 rings (SSSR count). The molecule has 1 fully saturated rings. The van der Waals surface area contributed by atoms with Crippen LogP contribution in [-0.4, -0.2) is 45.7 Å². The smallest absolute Gasteiger partial charge is 0.218 e. The van der Waals surface area contributed by atoms with Gasteiger partial charge in [-0.15, -0.1) is 0 Å². The summed E-state index contributed by atoms with van der Waals surface area (Å²) in [6.45, 7) is 4.89. The van der Waals surface area contributed by atoms with Crippen LogP contribution in [0.3, 0.4) is 0 Å². The predicted molar refractivity (Wildman–Crippen MR) is 136 cm³/mol. The first-order chi connectivity index (χ1) is 17.0. The predicted octanol–water partition coefficient (Wildman–Crippen LogP) is 4.80. The molecule has 1 unspecified atom stereocenters. The molecule has 2 heterocycles. The Labute approximate surface area is 207 Å². The van der Waals surface area contributed by atoms with Crippen LogP contribution >= 0.6 is 0 Å². The molecule has 7 heteroatoms. The Hall–Kier alpha value is -2.87. The van der Waals surface area contributed by atoms with Crippen molar-refractivity contribution in [1.29, 1.82) is 0 Å². The topological polar surface area (TPSA) is 65.1 Å². The minimum Gasteiger partial charge on any atom is -0.489 e. The summed E-state index contributed by atoms with van der Waals surface area (Å²) in [4.78, 5) is 0. The molecule has 35 heavy (non-hydrogen) atoms. The van der Waals surface area contributed by atoms with Crippen molar-refractivity contribution in [3.63, 3.8) is 0 Å². The Morgan fingerprint density at radius 3 is 2.60 bits per heavy atom. The molecule has 2 aliphatic rings. The van der Waals surface area contributed by atoms with Gasteiger partial charge in [0.1, 0.15) is 6.61 Å². The van der Waals surface area contributed by atoms with E-state index in [0.29, 0.717) is 37.2 Å². The number of hydrogen-bond acceptors (Lipinski definition) is 5. The van der Waals surface area contributed by atoms with E-state index in [9.17, 15) is 8.42 Å². The van der Waals surface area contributed by atoms with Crippen LogP contribution in [0.4, 0.5) is 0 Å². The monoisotopic (exact) mass is 493 g/mol. The third kappa shape index (κ3) is 5.53. The fourth-order valence-corrected chi connectivity index (χ4v) is 6.14. The zero-order chi connectivity index (χ0) is 24.3. The molecule has 1 saturated heterocycles. The molecule has 3 aromatic rings. The zero-order valence-electron chi connectivity index (χ0n) is 20.0. The quantitative estimate of drug-likeness (QED) is 0.473. The minimum absolute atomic E-state index is 0.0360. The van der Waals surface area contributed by atoms with Crippen molar-refractivity contribution < 1.29 is 22.6 Å². The number of aryl methyl sites for hydroxylation is 1. The highest BCUT2D eigenvalue weighted by Crippen LogP contribution is 2.40. The summed E-state index contributed by atoms with van der Waals surface area (Å²) in [5, 5.41) is 0. The highest BCUT2D eigenvalue weighted by molar-refractivity contribution is 7.88. The summed E-state index contributed by atoms with van der Waals surface area (Å²) < 4.78 is 46.1. The van der Waals surface area contributed by atoms with Crippen molar-refractivity contribution >= 4 is 10.0 Å². The van der Waals surface area contributed by atoms with Crippen molar-refractivity contribution in [2.45, 2.75) is 25.6 Å². The second kappa shape index (κ2) is 10.4. The molecule has 0 aromatic heterocycles. The molecule has 2 aliphatic heterocycles. The van der Waals surface area contributed by atoms with Gasteiger partial charge < -0.3 is 14.2 Å². The van der Waals surface area contributed by atoms with Gasteiger partial charge in [0.2, 0.25) is 10.0 Å². The van der Waals surface area contributed by atoms with Crippen LogP contribution in [0.2, 0.25) is 0 Å². The van der Waals surface area contributed by atoms with Crippen molar-refractivity contribution in [3.05, 3.63) is 83.4 Å². The van der Waals surface area contributed by atoms with Crippen LogP contribution in [0.5, 0.6) is 11.5 Å². The molecule has 0 bridgehead atoms. The Balaban J connectivity index is 1.49. The Morgan fingerprint density at radius 2 is 1.83 bits per heavy atom. The van der Waals surface area contributed by atoms with Gasteiger partial charge in [0.05, 0.1) is 19.0 Å². The van der Waals surface area contributed by atoms with E-state index in [4.69, 9.17) is 14.2 Å². The van der Waals surface area contributed by atoms with E-state index < -0.39 is 10.0 Å². The third-order valence-electron chi connectivity index (χ3n) is 6.61.